The molecule has 0 radical (unpaired) electrons. The van der Waals surface area contributed by atoms with E-state index in [-0.39, 0.29) is 0 Å². The van der Waals surface area contributed by atoms with Crippen LogP contribution in [0.15, 0.2) is 18.2 Å². The predicted molar refractivity (Wildman–Crippen MR) is 77.6 cm³/mol. The fourth-order valence-corrected chi connectivity index (χ4v) is 2.72. The second-order valence-electron chi connectivity index (χ2n) is 5.42. The average molecular weight is 274 g/mol. The summed E-state index contributed by atoms with van der Waals surface area (Å²) in [6.45, 7) is 3.56. The highest BCUT2D eigenvalue weighted by atomic mass is 16.5. The zero-order valence-electron chi connectivity index (χ0n) is 12.3. The topological polar surface area (TPSA) is 45.5 Å². The first kappa shape index (κ1) is 14.8. The van der Waals surface area contributed by atoms with Crippen molar-refractivity contribution in [2.24, 2.45) is 5.92 Å². The molecule has 0 amide bonds. The van der Waals surface area contributed by atoms with Crippen LogP contribution in [-0.2, 0) is 11.3 Å². The van der Waals surface area contributed by atoms with Gasteiger partial charge in [-0.15, -0.1) is 0 Å². The van der Waals surface area contributed by atoms with Crippen LogP contribution < -0.4 is 4.74 Å². The molecular formula is C16H22N2O2. The molecule has 0 N–H and O–H groups in total. The lowest BCUT2D eigenvalue weighted by atomic mass is 10.0. The second-order valence-corrected chi connectivity index (χ2v) is 5.42. The third kappa shape index (κ3) is 3.96. The van der Waals surface area contributed by atoms with Crippen LogP contribution in [0.25, 0.3) is 0 Å². The minimum atomic E-state index is 0.610. The van der Waals surface area contributed by atoms with Gasteiger partial charge in [0.25, 0.3) is 0 Å². The van der Waals surface area contributed by atoms with Crippen LogP contribution in [0.2, 0.25) is 0 Å². The number of rotatable bonds is 5. The average Bonchev–Trinajstić information content (AvgIpc) is 2.48. The molecule has 1 unspecified atom stereocenters. The van der Waals surface area contributed by atoms with Crippen LogP contribution >= 0.6 is 0 Å². The Morgan fingerprint density at radius 3 is 3.00 bits per heavy atom. The summed E-state index contributed by atoms with van der Waals surface area (Å²) < 4.78 is 10.9. The van der Waals surface area contributed by atoms with Crippen molar-refractivity contribution in [2.75, 3.05) is 33.9 Å². The SMILES string of the molecule is COc1ccc(C#N)cc1CN(C)CC1CCCOC1. The third-order valence-electron chi connectivity index (χ3n) is 3.67. The minimum Gasteiger partial charge on any atom is -0.496 e. The summed E-state index contributed by atoms with van der Waals surface area (Å²) in [4.78, 5) is 2.28. The molecule has 2 rings (SSSR count). The molecule has 1 saturated heterocycles. The van der Waals surface area contributed by atoms with Crippen molar-refractivity contribution in [3.05, 3.63) is 29.3 Å². The largest absolute Gasteiger partial charge is 0.496 e. The number of nitriles is 1. The molecule has 0 aromatic heterocycles. The first-order valence-electron chi connectivity index (χ1n) is 7.06. The molecule has 4 heteroatoms. The van der Waals surface area contributed by atoms with E-state index in [0.29, 0.717) is 11.5 Å². The lowest BCUT2D eigenvalue weighted by Crippen LogP contribution is -2.30. The standard InChI is InChI=1S/C16H22N2O2/c1-18(10-14-4-3-7-20-12-14)11-15-8-13(9-17)5-6-16(15)19-2/h5-6,8,14H,3-4,7,10-12H2,1-2H3. The molecule has 1 aromatic rings. The Hall–Kier alpha value is -1.57. The van der Waals surface area contributed by atoms with Gasteiger partial charge in [-0.2, -0.15) is 5.26 Å². The van der Waals surface area contributed by atoms with Crippen LogP contribution in [0.4, 0.5) is 0 Å². The molecule has 0 bridgehead atoms. The van der Waals surface area contributed by atoms with Crippen molar-refractivity contribution in [3.8, 4) is 11.8 Å². The molecule has 4 nitrogen and oxygen atoms in total. The molecule has 1 atom stereocenters. The molecule has 0 spiro atoms. The van der Waals surface area contributed by atoms with Gasteiger partial charge in [0.2, 0.25) is 0 Å². The van der Waals surface area contributed by atoms with Crippen LogP contribution in [0.5, 0.6) is 5.75 Å². The van der Waals surface area contributed by atoms with Gasteiger partial charge in [-0.25, -0.2) is 0 Å². The summed E-state index contributed by atoms with van der Waals surface area (Å²) >= 11 is 0. The highest BCUT2D eigenvalue weighted by Gasteiger charge is 2.17. The first-order valence-corrected chi connectivity index (χ1v) is 7.06. The van der Waals surface area contributed by atoms with E-state index in [9.17, 15) is 0 Å². The van der Waals surface area contributed by atoms with E-state index in [1.165, 1.54) is 6.42 Å². The zero-order valence-corrected chi connectivity index (χ0v) is 12.3. The molecule has 108 valence electrons. The lowest BCUT2D eigenvalue weighted by Gasteiger charge is -2.27. The Bertz CT molecular complexity index is 476. The van der Waals surface area contributed by atoms with Gasteiger partial charge in [0, 0.05) is 25.3 Å². The maximum atomic E-state index is 9.00. The number of hydrogen-bond donors (Lipinski definition) is 0. The third-order valence-corrected chi connectivity index (χ3v) is 3.67. The van der Waals surface area contributed by atoms with Crippen LogP contribution in [0.3, 0.4) is 0 Å². The normalized spacial score (nSPS) is 18.8. The summed E-state index contributed by atoms with van der Waals surface area (Å²) in [5.41, 5.74) is 1.74. The van der Waals surface area contributed by atoms with E-state index in [2.05, 4.69) is 18.0 Å². The molecule has 0 aliphatic carbocycles. The summed E-state index contributed by atoms with van der Waals surface area (Å²) in [5, 5.41) is 9.00. The monoisotopic (exact) mass is 274 g/mol. The number of ether oxygens (including phenoxy) is 2. The highest BCUT2D eigenvalue weighted by molar-refractivity contribution is 5.41. The van der Waals surface area contributed by atoms with Gasteiger partial charge in [-0.1, -0.05) is 0 Å². The van der Waals surface area contributed by atoms with E-state index < -0.39 is 0 Å². The number of benzene rings is 1. The van der Waals surface area contributed by atoms with Gasteiger partial charge in [0.1, 0.15) is 5.75 Å². The molecule has 1 fully saturated rings. The maximum Gasteiger partial charge on any atom is 0.123 e. The Balaban J connectivity index is 1.99. The molecule has 1 aliphatic rings. The molecule has 1 aliphatic heterocycles. The number of methoxy groups -OCH3 is 1. The summed E-state index contributed by atoms with van der Waals surface area (Å²) in [5.74, 6) is 1.45. The Morgan fingerprint density at radius 1 is 1.50 bits per heavy atom. The summed E-state index contributed by atoms with van der Waals surface area (Å²) in [6.07, 6.45) is 2.39. The fraction of sp³-hybridized carbons (Fsp3) is 0.562. The van der Waals surface area contributed by atoms with Crippen molar-refractivity contribution in [1.29, 1.82) is 5.26 Å². The van der Waals surface area contributed by atoms with E-state index in [0.717, 1.165) is 44.0 Å². The van der Waals surface area contributed by atoms with Crippen molar-refractivity contribution in [1.82, 2.24) is 4.90 Å². The highest BCUT2D eigenvalue weighted by Crippen LogP contribution is 2.22. The van der Waals surface area contributed by atoms with Gasteiger partial charge in [0.05, 0.1) is 25.3 Å². The summed E-state index contributed by atoms with van der Waals surface area (Å²) in [6, 6.07) is 7.74. The quantitative estimate of drug-likeness (QED) is 0.827. The Morgan fingerprint density at radius 2 is 2.35 bits per heavy atom. The molecular weight excluding hydrogens is 252 g/mol. The fourth-order valence-electron chi connectivity index (χ4n) is 2.72. The van der Waals surface area contributed by atoms with E-state index in [1.54, 1.807) is 13.2 Å². The van der Waals surface area contributed by atoms with Gasteiger partial charge in [-0.05, 0) is 44.0 Å². The molecule has 1 aromatic carbocycles. The van der Waals surface area contributed by atoms with E-state index in [1.807, 2.05) is 12.1 Å². The number of nitrogens with zero attached hydrogens (tertiary/aromatic N) is 2. The van der Waals surface area contributed by atoms with Crippen molar-refractivity contribution in [3.63, 3.8) is 0 Å². The van der Waals surface area contributed by atoms with Gasteiger partial charge < -0.3 is 14.4 Å². The van der Waals surface area contributed by atoms with Crippen molar-refractivity contribution >= 4 is 0 Å². The predicted octanol–water partition coefficient (Wildman–Crippen LogP) is 2.43. The van der Waals surface area contributed by atoms with Gasteiger partial charge >= 0.3 is 0 Å². The maximum absolute atomic E-state index is 9.00. The van der Waals surface area contributed by atoms with Crippen LogP contribution in [0.1, 0.15) is 24.0 Å². The van der Waals surface area contributed by atoms with E-state index >= 15 is 0 Å². The number of hydrogen-bond acceptors (Lipinski definition) is 4. The second kappa shape index (κ2) is 7.28. The molecule has 20 heavy (non-hydrogen) atoms. The van der Waals surface area contributed by atoms with Gasteiger partial charge in [-0.3, -0.25) is 0 Å². The zero-order chi connectivity index (χ0) is 14.4. The smallest absolute Gasteiger partial charge is 0.123 e. The van der Waals surface area contributed by atoms with E-state index in [4.69, 9.17) is 14.7 Å². The van der Waals surface area contributed by atoms with Crippen LogP contribution in [0, 0.1) is 17.2 Å². The molecule has 0 saturated carbocycles. The van der Waals surface area contributed by atoms with Crippen molar-refractivity contribution < 1.29 is 9.47 Å². The van der Waals surface area contributed by atoms with Gasteiger partial charge in [0.15, 0.2) is 0 Å². The Kier molecular flexibility index (Phi) is 5.40. The molecule has 1 heterocycles. The first-order chi connectivity index (χ1) is 9.72. The lowest BCUT2D eigenvalue weighted by molar-refractivity contribution is 0.0411. The van der Waals surface area contributed by atoms with Crippen molar-refractivity contribution in [2.45, 2.75) is 19.4 Å². The van der Waals surface area contributed by atoms with Crippen LogP contribution in [-0.4, -0.2) is 38.8 Å². The minimum absolute atomic E-state index is 0.610. The summed E-state index contributed by atoms with van der Waals surface area (Å²) in [7, 11) is 3.77. The Labute approximate surface area is 120 Å².